The summed E-state index contributed by atoms with van der Waals surface area (Å²) in [7, 11) is 0. The van der Waals surface area contributed by atoms with Crippen molar-refractivity contribution < 1.29 is 9.72 Å². The molecule has 2 N–H and O–H groups in total. The lowest BCUT2D eigenvalue weighted by Crippen LogP contribution is -2.23. The van der Waals surface area contributed by atoms with Crippen LogP contribution in [0.15, 0.2) is 35.7 Å². The lowest BCUT2D eigenvalue weighted by atomic mass is 10.1. The minimum atomic E-state index is -0.508. The molecule has 0 spiro atoms. The highest BCUT2D eigenvalue weighted by Crippen LogP contribution is 2.22. The van der Waals surface area contributed by atoms with E-state index >= 15 is 0 Å². The largest absolute Gasteiger partial charge is 0.385 e. The molecular formula is C14H15N3O3S. The second kappa shape index (κ2) is 6.85. The van der Waals surface area contributed by atoms with Crippen LogP contribution in [0.5, 0.6) is 0 Å². The number of carbonyl (C=O) groups is 1. The van der Waals surface area contributed by atoms with Gasteiger partial charge < -0.3 is 10.6 Å². The third kappa shape index (κ3) is 3.79. The van der Waals surface area contributed by atoms with Crippen LogP contribution >= 0.6 is 11.3 Å². The molecule has 7 heteroatoms. The summed E-state index contributed by atoms with van der Waals surface area (Å²) in [6.45, 7) is 2.93. The van der Waals surface area contributed by atoms with Crippen LogP contribution in [0.25, 0.3) is 0 Å². The monoisotopic (exact) mass is 305 g/mol. The van der Waals surface area contributed by atoms with Gasteiger partial charge in [-0.15, -0.1) is 11.3 Å². The zero-order valence-electron chi connectivity index (χ0n) is 11.5. The van der Waals surface area contributed by atoms with Crippen molar-refractivity contribution in [1.29, 1.82) is 0 Å². The van der Waals surface area contributed by atoms with Crippen LogP contribution in [-0.2, 0) is 6.54 Å². The Balaban J connectivity index is 2.20. The topological polar surface area (TPSA) is 84.3 Å². The van der Waals surface area contributed by atoms with E-state index in [2.05, 4.69) is 10.6 Å². The summed E-state index contributed by atoms with van der Waals surface area (Å²) in [5, 5.41) is 18.6. The predicted octanol–water partition coefficient (Wildman–Crippen LogP) is 3.02. The number of non-ortho nitro benzene ring substituents is 1. The van der Waals surface area contributed by atoms with Gasteiger partial charge in [0.15, 0.2) is 0 Å². The van der Waals surface area contributed by atoms with Crippen LogP contribution in [0.3, 0.4) is 0 Å². The Kier molecular flexibility index (Phi) is 4.89. The van der Waals surface area contributed by atoms with Gasteiger partial charge in [0, 0.05) is 29.2 Å². The standard InChI is InChI=1S/C14H15N3O3S/c1-2-15-13-6-5-10(17(19)20)8-12(13)14(18)16-9-11-4-3-7-21-11/h3-8,15H,2,9H2,1H3,(H,16,18). The summed E-state index contributed by atoms with van der Waals surface area (Å²) in [5.41, 5.74) is 0.771. The second-order valence-electron chi connectivity index (χ2n) is 4.28. The number of amides is 1. The smallest absolute Gasteiger partial charge is 0.270 e. The van der Waals surface area contributed by atoms with Crippen molar-refractivity contribution >= 4 is 28.6 Å². The number of carbonyl (C=O) groups excluding carboxylic acids is 1. The maximum atomic E-state index is 12.2. The van der Waals surface area contributed by atoms with E-state index in [-0.39, 0.29) is 17.2 Å². The highest BCUT2D eigenvalue weighted by Gasteiger charge is 2.16. The molecule has 0 bridgehead atoms. The Labute approximate surface area is 126 Å². The minimum absolute atomic E-state index is 0.0991. The quantitative estimate of drug-likeness (QED) is 0.634. The average molecular weight is 305 g/mol. The number of nitrogens with one attached hydrogen (secondary N) is 2. The maximum Gasteiger partial charge on any atom is 0.270 e. The number of nitrogens with zero attached hydrogens (tertiary/aromatic N) is 1. The molecule has 2 rings (SSSR count). The van der Waals surface area contributed by atoms with Crippen LogP contribution in [-0.4, -0.2) is 17.4 Å². The fourth-order valence-corrected chi connectivity index (χ4v) is 2.50. The summed E-state index contributed by atoms with van der Waals surface area (Å²) in [6, 6.07) is 8.06. The highest BCUT2D eigenvalue weighted by atomic mass is 32.1. The summed E-state index contributed by atoms with van der Waals surface area (Å²) in [6.07, 6.45) is 0. The summed E-state index contributed by atoms with van der Waals surface area (Å²) in [4.78, 5) is 23.6. The molecule has 0 aliphatic heterocycles. The van der Waals surface area contributed by atoms with Gasteiger partial charge in [-0.05, 0) is 24.4 Å². The van der Waals surface area contributed by atoms with Crippen LogP contribution in [0, 0.1) is 10.1 Å². The molecular weight excluding hydrogens is 290 g/mol. The van der Waals surface area contributed by atoms with E-state index in [4.69, 9.17) is 0 Å². The van der Waals surface area contributed by atoms with Gasteiger partial charge in [0.05, 0.1) is 17.0 Å². The van der Waals surface area contributed by atoms with E-state index < -0.39 is 4.92 Å². The molecule has 0 saturated carbocycles. The van der Waals surface area contributed by atoms with Crippen molar-refractivity contribution in [2.45, 2.75) is 13.5 Å². The van der Waals surface area contributed by atoms with E-state index in [1.807, 2.05) is 24.4 Å². The first kappa shape index (κ1) is 15.0. The molecule has 0 radical (unpaired) electrons. The first-order valence-electron chi connectivity index (χ1n) is 6.44. The Hall–Kier alpha value is -2.41. The number of thiophene rings is 1. The van der Waals surface area contributed by atoms with E-state index in [9.17, 15) is 14.9 Å². The lowest BCUT2D eigenvalue weighted by Gasteiger charge is -2.10. The van der Waals surface area contributed by atoms with E-state index in [1.165, 1.54) is 12.1 Å². The molecule has 0 unspecified atom stereocenters. The van der Waals surface area contributed by atoms with Crippen LogP contribution in [0.1, 0.15) is 22.2 Å². The van der Waals surface area contributed by atoms with Crippen molar-refractivity contribution in [3.8, 4) is 0 Å². The molecule has 1 aromatic carbocycles. The van der Waals surface area contributed by atoms with Crippen molar-refractivity contribution in [2.24, 2.45) is 0 Å². The number of benzene rings is 1. The van der Waals surface area contributed by atoms with Crippen molar-refractivity contribution in [3.63, 3.8) is 0 Å². The molecule has 1 amide bonds. The number of rotatable bonds is 6. The molecule has 21 heavy (non-hydrogen) atoms. The predicted molar refractivity (Wildman–Crippen MR) is 82.7 cm³/mol. The number of nitro groups is 1. The fraction of sp³-hybridized carbons (Fsp3) is 0.214. The number of anilines is 1. The van der Waals surface area contributed by atoms with Crippen molar-refractivity contribution in [1.82, 2.24) is 5.32 Å². The molecule has 0 aliphatic rings. The maximum absolute atomic E-state index is 12.2. The summed E-state index contributed by atoms with van der Waals surface area (Å²) in [5.74, 6) is -0.331. The first-order valence-corrected chi connectivity index (χ1v) is 7.32. The SMILES string of the molecule is CCNc1ccc([N+](=O)[O-])cc1C(=O)NCc1cccs1. The van der Waals surface area contributed by atoms with Crippen molar-refractivity contribution in [2.75, 3.05) is 11.9 Å². The normalized spacial score (nSPS) is 10.1. The molecule has 2 aromatic rings. The summed E-state index contributed by atoms with van der Waals surface area (Å²) >= 11 is 1.54. The van der Waals surface area contributed by atoms with Gasteiger partial charge in [0.1, 0.15) is 0 Å². The third-order valence-corrected chi connectivity index (χ3v) is 3.71. The molecule has 1 aromatic heterocycles. The molecule has 1 heterocycles. The van der Waals surface area contributed by atoms with Gasteiger partial charge >= 0.3 is 0 Å². The Bertz CT molecular complexity index is 641. The average Bonchev–Trinajstić information content (AvgIpc) is 2.98. The summed E-state index contributed by atoms with van der Waals surface area (Å²) < 4.78 is 0. The molecule has 0 fully saturated rings. The number of nitro benzene ring substituents is 1. The Morgan fingerprint density at radius 2 is 2.19 bits per heavy atom. The minimum Gasteiger partial charge on any atom is -0.385 e. The fourth-order valence-electron chi connectivity index (χ4n) is 1.85. The third-order valence-electron chi connectivity index (χ3n) is 2.83. The first-order chi connectivity index (χ1) is 10.1. The molecule has 0 atom stereocenters. The highest BCUT2D eigenvalue weighted by molar-refractivity contribution is 7.09. The van der Waals surface area contributed by atoms with Crippen LogP contribution in [0.2, 0.25) is 0 Å². The number of hydrogen-bond donors (Lipinski definition) is 2. The van der Waals surface area contributed by atoms with Gasteiger partial charge in [-0.2, -0.15) is 0 Å². The van der Waals surface area contributed by atoms with Gasteiger partial charge in [-0.25, -0.2) is 0 Å². The van der Waals surface area contributed by atoms with E-state index in [1.54, 1.807) is 17.4 Å². The van der Waals surface area contributed by atoms with Crippen LogP contribution in [0.4, 0.5) is 11.4 Å². The zero-order valence-corrected chi connectivity index (χ0v) is 12.3. The Morgan fingerprint density at radius 1 is 1.38 bits per heavy atom. The van der Waals surface area contributed by atoms with Gasteiger partial charge in [0.25, 0.3) is 11.6 Å². The Morgan fingerprint density at radius 3 is 2.81 bits per heavy atom. The molecule has 0 saturated heterocycles. The van der Waals surface area contributed by atoms with Gasteiger partial charge in [-0.1, -0.05) is 6.07 Å². The van der Waals surface area contributed by atoms with E-state index in [0.29, 0.717) is 18.8 Å². The van der Waals surface area contributed by atoms with Gasteiger partial charge in [-0.3, -0.25) is 14.9 Å². The molecule has 110 valence electrons. The van der Waals surface area contributed by atoms with E-state index in [0.717, 1.165) is 4.88 Å². The lowest BCUT2D eigenvalue weighted by molar-refractivity contribution is -0.384. The van der Waals surface area contributed by atoms with Crippen LogP contribution < -0.4 is 10.6 Å². The second-order valence-corrected chi connectivity index (χ2v) is 5.31. The number of hydrogen-bond acceptors (Lipinski definition) is 5. The molecule has 6 nitrogen and oxygen atoms in total. The van der Waals surface area contributed by atoms with Crippen molar-refractivity contribution in [3.05, 3.63) is 56.3 Å². The zero-order chi connectivity index (χ0) is 15.2. The van der Waals surface area contributed by atoms with Gasteiger partial charge in [0.2, 0.25) is 0 Å². The molecule has 0 aliphatic carbocycles.